The van der Waals surface area contributed by atoms with Gasteiger partial charge in [-0.05, 0) is 23.8 Å². The van der Waals surface area contributed by atoms with E-state index in [0.717, 1.165) is 11.1 Å². The van der Waals surface area contributed by atoms with Crippen LogP contribution in [0, 0.1) is 0 Å². The summed E-state index contributed by atoms with van der Waals surface area (Å²) in [5, 5.41) is 0. The molecule has 0 fully saturated rings. The number of nitrogens with zero attached hydrogens (tertiary/aromatic N) is 3. The molecule has 0 saturated carbocycles. The smallest absolute Gasteiger partial charge is 0.239 e. The average molecular weight is 313 g/mol. The van der Waals surface area contributed by atoms with Crippen molar-refractivity contribution in [1.29, 1.82) is 0 Å². The molecular formula is C16H15N3O2S. The molecule has 3 aromatic rings. The van der Waals surface area contributed by atoms with Crippen molar-refractivity contribution in [2.75, 3.05) is 11.4 Å². The Morgan fingerprint density at radius 1 is 0.955 bits per heavy atom. The van der Waals surface area contributed by atoms with Gasteiger partial charge >= 0.3 is 0 Å². The highest BCUT2D eigenvalue weighted by molar-refractivity contribution is 7.92. The summed E-state index contributed by atoms with van der Waals surface area (Å²) >= 11 is 0. The Balaban J connectivity index is 1.92. The highest BCUT2D eigenvalue weighted by Gasteiger charge is 2.19. The van der Waals surface area contributed by atoms with E-state index in [0.29, 0.717) is 11.2 Å². The Kier molecular flexibility index (Phi) is 3.77. The molecule has 0 aliphatic rings. The van der Waals surface area contributed by atoms with Crippen LogP contribution in [0.15, 0.2) is 60.9 Å². The molecule has 6 heteroatoms. The van der Waals surface area contributed by atoms with Gasteiger partial charge in [0.15, 0.2) is 0 Å². The van der Waals surface area contributed by atoms with E-state index in [-0.39, 0.29) is 5.75 Å². The lowest BCUT2D eigenvalue weighted by atomic mass is 10.2. The van der Waals surface area contributed by atoms with Crippen LogP contribution >= 0.6 is 0 Å². The van der Waals surface area contributed by atoms with Crippen molar-refractivity contribution in [3.8, 4) is 0 Å². The van der Waals surface area contributed by atoms with E-state index in [4.69, 9.17) is 0 Å². The lowest BCUT2D eigenvalue weighted by Crippen LogP contribution is -2.27. The molecule has 0 N–H and O–H groups in total. The third-order valence-corrected chi connectivity index (χ3v) is 5.17. The predicted molar refractivity (Wildman–Crippen MR) is 87.0 cm³/mol. The van der Waals surface area contributed by atoms with Crippen LogP contribution in [-0.2, 0) is 15.8 Å². The van der Waals surface area contributed by atoms with Crippen molar-refractivity contribution in [3.63, 3.8) is 0 Å². The van der Waals surface area contributed by atoms with E-state index >= 15 is 0 Å². The molecule has 0 radical (unpaired) electrons. The van der Waals surface area contributed by atoms with Gasteiger partial charge in [-0.1, -0.05) is 30.3 Å². The van der Waals surface area contributed by atoms with Crippen molar-refractivity contribution >= 4 is 26.7 Å². The summed E-state index contributed by atoms with van der Waals surface area (Å²) in [6.07, 6.45) is 3.20. The molecule has 1 heterocycles. The molecule has 0 amide bonds. The Labute approximate surface area is 129 Å². The van der Waals surface area contributed by atoms with Gasteiger partial charge in [-0.15, -0.1) is 0 Å². The second-order valence-corrected chi connectivity index (χ2v) is 6.94. The van der Waals surface area contributed by atoms with E-state index in [1.54, 1.807) is 49.8 Å². The molecule has 22 heavy (non-hydrogen) atoms. The summed E-state index contributed by atoms with van der Waals surface area (Å²) in [5.74, 6) is -0.0388. The molecule has 3 rings (SSSR count). The van der Waals surface area contributed by atoms with E-state index in [2.05, 4.69) is 9.97 Å². The van der Waals surface area contributed by atoms with Gasteiger partial charge in [-0.2, -0.15) is 0 Å². The van der Waals surface area contributed by atoms with Crippen LogP contribution in [0.3, 0.4) is 0 Å². The van der Waals surface area contributed by atoms with Crippen LogP contribution in [0.1, 0.15) is 5.56 Å². The second-order valence-electron chi connectivity index (χ2n) is 4.94. The van der Waals surface area contributed by atoms with Crippen LogP contribution in [0.25, 0.3) is 11.0 Å². The highest BCUT2D eigenvalue weighted by atomic mass is 32.2. The molecule has 2 aromatic carbocycles. The largest absolute Gasteiger partial charge is 0.273 e. The number of anilines is 1. The van der Waals surface area contributed by atoms with E-state index in [1.165, 1.54) is 4.31 Å². The Morgan fingerprint density at radius 2 is 1.64 bits per heavy atom. The standard InChI is InChI=1S/C16H15N3O2S/c1-19(22(20,21)12-13-5-3-2-4-6-13)14-7-8-15-16(11-14)18-10-9-17-15/h2-11H,12H2,1H3. The molecule has 0 aliphatic carbocycles. The van der Waals surface area contributed by atoms with E-state index < -0.39 is 10.0 Å². The van der Waals surface area contributed by atoms with Gasteiger partial charge in [0.2, 0.25) is 10.0 Å². The first-order valence-electron chi connectivity index (χ1n) is 6.77. The summed E-state index contributed by atoms with van der Waals surface area (Å²) < 4.78 is 26.3. The lowest BCUT2D eigenvalue weighted by molar-refractivity contribution is 0.593. The summed E-state index contributed by atoms with van der Waals surface area (Å²) in [7, 11) is -1.90. The van der Waals surface area contributed by atoms with Crippen molar-refractivity contribution in [2.24, 2.45) is 0 Å². The fourth-order valence-corrected chi connectivity index (χ4v) is 3.43. The van der Waals surface area contributed by atoms with Crippen molar-refractivity contribution < 1.29 is 8.42 Å². The fraction of sp³-hybridized carbons (Fsp3) is 0.125. The summed E-state index contributed by atoms with van der Waals surface area (Å²) in [4.78, 5) is 8.39. The molecular weight excluding hydrogens is 298 g/mol. The van der Waals surface area contributed by atoms with Gasteiger partial charge in [-0.3, -0.25) is 14.3 Å². The average Bonchev–Trinajstić information content (AvgIpc) is 2.54. The minimum atomic E-state index is -3.45. The zero-order chi connectivity index (χ0) is 15.6. The second kappa shape index (κ2) is 5.73. The van der Waals surface area contributed by atoms with Crippen LogP contribution < -0.4 is 4.31 Å². The van der Waals surface area contributed by atoms with Crippen LogP contribution in [-0.4, -0.2) is 25.4 Å². The number of sulfonamides is 1. The number of aromatic nitrogens is 2. The third kappa shape index (κ3) is 2.92. The molecule has 0 atom stereocenters. The Hall–Kier alpha value is -2.47. The quantitative estimate of drug-likeness (QED) is 0.743. The molecule has 0 spiro atoms. The maximum Gasteiger partial charge on any atom is 0.239 e. The predicted octanol–water partition coefficient (Wildman–Crippen LogP) is 2.60. The normalized spacial score (nSPS) is 11.5. The van der Waals surface area contributed by atoms with Crippen LogP contribution in [0.4, 0.5) is 5.69 Å². The zero-order valence-electron chi connectivity index (χ0n) is 12.0. The van der Waals surface area contributed by atoms with Gasteiger partial charge in [0.25, 0.3) is 0 Å². The van der Waals surface area contributed by atoms with Gasteiger partial charge < -0.3 is 0 Å². The third-order valence-electron chi connectivity index (χ3n) is 3.43. The number of hydrogen-bond acceptors (Lipinski definition) is 4. The van der Waals surface area contributed by atoms with E-state index in [1.807, 2.05) is 18.2 Å². The first kappa shape index (κ1) is 14.5. The van der Waals surface area contributed by atoms with Gasteiger partial charge in [0, 0.05) is 19.4 Å². The Morgan fingerprint density at radius 3 is 2.36 bits per heavy atom. The topological polar surface area (TPSA) is 63.2 Å². The minimum absolute atomic E-state index is 0.0388. The number of benzene rings is 2. The Bertz CT molecular complexity index is 895. The zero-order valence-corrected chi connectivity index (χ0v) is 12.9. The van der Waals surface area contributed by atoms with Crippen molar-refractivity contribution in [3.05, 3.63) is 66.5 Å². The van der Waals surface area contributed by atoms with Gasteiger partial charge in [0.1, 0.15) is 0 Å². The molecule has 5 nitrogen and oxygen atoms in total. The van der Waals surface area contributed by atoms with Crippen LogP contribution in [0.2, 0.25) is 0 Å². The first-order valence-corrected chi connectivity index (χ1v) is 8.38. The number of rotatable bonds is 4. The molecule has 1 aromatic heterocycles. The van der Waals surface area contributed by atoms with Crippen molar-refractivity contribution in [2.45, 2.75) is 5.75 Å². The van der Waals surface area contributed by atoms with Crippen molar-refractivity contribution in [1.82, 2.24) is 9.97 Å². The SMILES string of the molecule is CN(c1ccc2nccnc2c1)S(=O)(=O)Cc1ccccc1. The first-order chi connectivity index (χ1) is 10.6. The summed E-state index contributed by atoms with van der Waals surface area (Å²) in [6.45, 7) is 0. The molecule has 112 valence electrons. The molecule has 0 unspecified atom stereocenters. The van der Waals surface area contributed by atoms with Crippen LogP contribution in [0.5, 0.6) is 0 Å². The maximum atomic E-state index is 12.5. The highest BCUT2D eigenvalue weighted by Crippen LogP contribution is 2.22. The number of hydrogen-bond donors (Lipinski definition) is 0. The summed E-state index contributed by atoms with van der Waals surface area (Å²) in [5.41, 5.74) is 2.74. The monoisotopic (exact) mass is 313 g/mol. The van der Waals surface area contributed by atoms with E-state index in [9.17, 15) is 8.42 Å². The number of fused-ring (bicyclic) bond motifs is 1. The maximum absolute atomic E-state index is 12.5. The lowest BCUT2D eigenvalue weighted by Gasteiger charge is -2.19. The molecule has 0 saturated heterocycles. The molecule has 0 bridgehead atoms. The van der Waals surface area contributed by atoms with Gasteiger partial charge in [0.05, 0.1) is 22.5 Å². The minimum Gasteiger partial charge on any atom is -0.273 e. The fourth-order valence-electron chi connectivity index (χ4n) is 2.19. The molecule has 0 aliphatic heterocycles. The summed E-state index contributed by atoms with van der Waals surface area (Å²) in [6, 6.07) is 14.4. The van der Waals surface area contributed by atoms with Gasteiger partial charge in [-0.25, -0.2) is 8.42 Å².